The van der Waals surface area contributed by atoms with Gasteiger partial charge in [0, 0.05) is 23.3 Å². The second-order valence-electron chi connectivity index (χ2n) is 8.44. The van der Waals surface area contributed by atoms with Gasteiger partial charge in [0.25, 0.3) is 0 Å². The van der Waals surface area contributed by atoms with Crippen LogP contribution >= 0.6 is 0 Å². The van der Waals surface area contributed by atoms with Crippen LogP contribution in [0.5, 0.6) is 5.75 Å². The van der Waals surface area contributed by atoms with E-state index in [1.807, 2.05) is 12.1 Å². The van der Waals surface area contributed by atoms with Crippen LogP contribution in [0.2, 0.25) is 0 Å². The van der Waals surface area contributed by atoms with Crippen molar-refractivity contribution in [3.8, 4) is 5.75 Å². The Labute approximate surface area is 206 Å². The molecule has 0 bridgehead atoms. The van der Waals surface area contributed by atoms with Crippen LogP contribution in [0.1, 0.15) is 33.4 Å². The van der Waals surface area contributed by atoms with Crippen molar-refractivity contribution < 1.29 is 4.74 Å². The molecule has 0 fully saturated rings. The van der Waals surface area contributed by atoms with Gasteiger partial charge in [-0.15, -0.1) is 0 Å². The van der Waals surface area contributed by atoms with Crippen molar-refractivity contribution in [2.75, 3.05) is 7.11 Å². The molecule has 0 atom stereocenters. The first-order valence-electron chi connectivity index (χ1n) is 11.6. The summed E-state index contributed by atoms with van der Waals surface area (Å²) in [6.45, 7) is 1.77. The molecular formula is C31H31NOSi. The zero-order chi connectivity index (χ0) is 23.6. The number of hydrogen-bond acceptors (Lipinski definition) is 2. The van der Waals surface area contributed by atoms with Crippen molar-refractivity contribution in [2.45, 2.75) is 13.1 Å². The predicted octanol–water partition coefficient (Wildman–Crippen LogP) is 5.32. The fourth-order valence-electron chi connectivity index (χ4n) is 3.62. The maximum atomic E-state index is 5.21. The molecule has 0 radical (unpaired) electrons. The quantitative estimate of drug-likeness (QED) is 0.269. The summed E-state index contributed by atoms with van der Waals surface area (Å²) in [4.78, 5) is 0. The van der Waals surface area contributed by atoms with E-state index in [2.05, 4.69) is 115 Å². The van der Waals surface area contributed by atoms with E-state index in [0.29, 0.717) is 0 Å². The fraction of sp³-hybridized carbons (Fsp3) is 0.0968. The number of hydrogen-bond donors (Lipinski definition) is 1. The van der Waals surface area contributed by atoms with Crippen molar-refractivity contribution >= 4 is 39.7 Å². The molecule has 0 aromatic heterocycles. The molecule has 4 aromatic rings. The molecule has 0 spiro atoms. The first kappa shape index (κ1) is 23.5. The Bertz CT molecular complexity index is 1220. The van der Waals surface area contributed by atoms with E-state index >= 15 is 0 Å². The highest BCUT2D eigenvalue weighted by Gasteiger charge is 1.96. The van der Waals surface area contributed by atoms with Crippen LogP contribution in [-0.2, 0) is 13.1 Å². The predicted molar refractivity (Wildman–Crippen MR) is 150 cm³/mol. The van der Waals surface area contributed by atoms with E-state index in [1.165, 1.54) is 33.0 Å². The van der Waals surface area contributed by atoms with Crippen LogP contribution in [0.3, 0.4) is 0 Å². The van der Waals surface area contributed by atoms with Crippen molar-refractivity contribution in [1.29, 1.82) is 0 Å². The monoisotopic (exact) mass is 461 g/mol. The summed E-state index contributed by atoms with van der Waals surface area (Å²) in [7, 11) is 2.79. The summed E-state index contributed by atoms with van der Waals surface area (Å²) in [5.41, 5.74) is 7.35. The van der Waals surface area contributed by atoms with Gasteiger partial charge >= 0.3 is 0 Å². The lowest BCUT2D eigenvalue weighted by Crippen LogP contribution is -2.13. The van der Waals surface area contributed by atoms with E-state index in [-0.39, 0.29) is 0 Å². The molecule has 2 nitrogen and oxygen atoms in total. The zero-order valence-corrected chi connectivity index (χ0v) is 21.9. The van der Waals surface area contributed by atoms with Gasteiger partial charge in [-0.2, -0.15) is 0 Å². The molecule has 0 saturated heterocycles. The average Bonchev–Trinajstić information content (AvgIpc) is 2.89. The number of rotatable bonds is 9. The highest BCUT2D eigenvalue weighted by Crippen LogP contribution is 2.15. The number of ether oxygens (including phenoxy) is 1. The summed E-state index contributed by atoms with van der Waals surface area (Å²) in [6.07, 6.45) is 8.56. The molecule has 0 aliphatic carbocycles. The maximum Gasteiger partial charge on any atom is 0.118 e. The van der Waals surface area contributed by atoms with Crippen LogP contribution in [0, 0.1) is 0 Å². The molecule has 4 aromatic carbocycles. The molecule has 34 heavy (non-hydrogen) atoms. The van der Waals surface area contributed by atoms with Crippen LogP contribution in [0.25, 0.3) is 24.3 Å². The van der Waals surface area contributed by atoms with Crippen molar-refractivity contribution in [2.24, 2.45) is 0 Å². The summed E-state index contributed by atoms with van der Waals surface area (Å²) in [5.74, 6) is 0.874. The zero-order valence-electron chi connectivity index (χ0n) is 19.9. The molecule has 4 rings (SSSR count). The number of methoxy groups -OCH3 is 1. The minimum absolute atomic E-state index is 0.873. The molecular weight excluding hydrogens is 430 g/mol. The first-order valence-corrected chi connectivity index (χ1v) is 12.6. The van der Waals surface area contributed by atoms with Gasteiger partial charge in [-0.1, -0.05) is 114 Å². The number of benzene rings is 4. The molecule has 0 heterocycles. The van der Waals surface area contributed by atoms with Crippen molar-refractivity contribution in [3.63, 3.8) is 0 Å². The third-order valence-corrected chi connectivity index (χ3v) is 6.41. The van der Waals surface area contributed by atoms with Crippen molar-refractivity contribution in [1.82, 2.24) is 5.32 Å². The van der Waals surface area contributed by atoms with E-state index in [4.69, 9.17) is 4.74 Å². The largest absolute Gasteiger partial charge is 0.497 e. The molecule has 0 aliphatic rings. The standard InChI is InChI=1S/C31H31NOSi/c1-33-30-18-14-27(15-19-30)9-8-25-4-2-24(3-5-25)6-7-26-10-12-28(13-11-26)22-32-23-29-16-20-31(34)21-17-29/h2-21,32H,22-23H2,1,34H3/b7-6+,9-8+. The molecule has 3 heteroatoms. The van der Waals surface area contributed by atoms with E-state index in [9.17, 15) is 0 Å². The Hall–Kier alpha value is -3.66. The normalized spacial score (nSPS) is 11.4. The van der Waals surface area contributed by atoms with Gasteiger partial charge in [0.15, 0.2) is 0 Å². The topological polar surface area (TPSA) is 21.3 Å². The summed E-state index contributed by atoms with van der Waals surface area (Å²) >= 11 is 0. The highest BCUT2D eigenvalue weighted by atomic mass is 28.1. The Kier molecular flexibility index (Phi) is 8.28. The molecule has 0 amide bonds. The highest BCUT2D eigenvalue weighted by molar-refractivity contribution is 6.32. The van der Waals surface area contributed by atoms with Gasteiger partial charge < -0.3 is 10.1 Å². The van der Waals surface area contributed by atoms with E-state index in [0.717, 1.165) is 34.6 Å². The van der Waals surface area contributed by atoms with E-state index < -0.39 is 0 Å². The Morgan fingerprint density at radius 1 is 0.559 bits per heavy atom. The smallest absolute Gasteiger partial charge is 0.118 e. The lowest BCUT2D eigenvalue weighted by atomic mass is 10.1. The first-order chi connectivity index (χ1) is 16.7. The summed E-state index contributed by atoms with van der Waals surface area (Å²) in [6, 6.07) is 34.3. The minimum Gasteiger partial charge on any atom is -0.497 e. The Morgan fingerprint density at radius 3 is 1.32 bits per heavy atom. The fourth-order valence-corrected chi connectivity index (χ4v) is 3.96. The molecule has 1 N–H and O–H groups in total. The third kappa shape index (κ3) is 7.17. The average molecular weight is 462 g/mol. The van der Waals surface area contributed by atoms with Gasteiger partial charge in [0.2, 0.25) is 0 Å². The van der Waals surface area contributed by atoms with E-state index in [1.54, 1.807) is 7.11 Å². The van der Waals surface area contributed by atoms with Crippen LogP contribution < -0.4 is 15.2 Å². The Morgan fingerprint density at radius 2 is 0.912 bits per heavy atom. The SMILES string of the molecule is COc1ccc(/C=C/c2ccc(/C=C/c3ccc(CNCc4ccc([SiH3])cc4)cc3)cc2)cc1. The van der Waals surface area contributed by atoms with Gasteiger partial charge in [0.1, 0.15) is 5.75 Å². The minimum atomic E-state index is 0.873. The van der Waals surface area contributed by atoms with Crippen molar-refractivity contribution in [3.05, 3.63) is 130 Å². The lowest BCUT2D eigenvalue weighted by molar-refractivity contribution is 0.415. The van der Waals surface area contributed by atoms with Crippen LogP contribution in [0.15, 0.2) is 97.1 Å². The second kappa shape index (κ2) is 12.0. The number of nitrogens with one attached hydrogen (secondary N) is 1. The van der Waals surface area contributed by atoms with Gasteiger partial charge in [0.05, 0.1) is 7.11 Å². The lowest BCUT2D eigenvalue weighted by Gasteiger charge is -2.06. The molecule has 170 valence electrons. The third-order valence-electron chi connectivity index (χ3n) is 5.75. The van der Waals surface area contributed by atoms with Gasteiger partial charge in [-0.05, 0) is 45.5 Å². The molecule has 0 aliphatic heterocycles. The van der Waals surface area contributed by atoms with Gasteiger partial charge in [-0.3, -0.25) is 0 Å². The van der Waals surface area contributed by atoms with Crippen LogP contribution in [0.4, 0.5) is 0 Å². The summed E-state index contributed by atoms with van der Waals surface area (Å²) in [5, 5.41) is 4.96. The molecule has 0 saturated carbocycles. The summed E-state index contributed by atoms with van der Waals surface area (Å²) < 4.78 is 5.21. The maximum absolute atomic E-state index is 5.21. The second-order valence-corrected chi connectivity index (χ2v) is 9.59. The van der Waals surface area contributed by atoms with Gasteiger partial charge in [-0.25, -0.2) is 0 Å². The molecule has 0 unspecified atom stereocenters. The Balaban J connectivity index is 1.27. The van der Waals surface area contributed by atoms with Crippen LogP contribution in [-0.4, -0.2) is 17.4 Å².